The second-order valence-electron chi connectivity index (χ2n) is 3.13. The average Bonchev–Trinajstić information content (AvgIpc) is 2.62. The highest BCUT2D eigenvalue weighted by molar-refractivity contribution is 7.17. The molecule has 2 nitrogen and oxygen atoms in total. The molecule has 0 fully saturated rings. The van der Waals surface area contributed by atoms with Crippen LogP contribution in [0.15, 0.2) is 23.6 Å². The molecule has 2 rings (SSSR count). The first-order chi connectivity index (χ1) is 6.86. The molecule has 4 heteroatoms. The van der Waals surface area contributed by atoms with Gasteiger partial charge in [-0.1, -0.05) is 6.07 Å². The first-order valence-corrected chi connectivity index (χ1v) is 5.48. The third-order valence-electron chi connectivity index (χ3n) is 2.27. The van der Waals surface area contributed by atoms with Crippen molar-refractivity contribution in [1.82, 2.24) is 0 Å². The summed E-state index contributed by atoms with van der Waals surface area (Å²) in [5, 5.41) is 3.39. The van der Waals surface area contributed by atoms with Gasteiger partial charge in [-0.3, -0.25) is 0 Å². The third-order valence-corrected chi connectivity index (χ3v) is 3.27. The van der Waals surface area contributed by atoms with Crippen molar-refractivity contribution in [1.29, 1.82) is 0 Å². The van der Waals surface area contributed by atoms with E-state index in [1.54, 1.807) is 18.4 Å². The Bertz CT molecular complexity index is 441. The van der Waals surface area contributed by atoms with Crippen LogP contribution in [0.1, 0.15) is 5.56 Å². The first-order valence-electron chi connectivity index (χ1n) is 4.60. The second kappa shape index (κ2) is 5.35. The molecule has 1 aromatic carbocycles. The summed E-state index contributed by atoms with van der Waals surface area (Å²) in [6.07, 6.45) is 0.917. The van der Waals surface area contributed by atoms with Gasteiger partial charge in [-0.05, 0) is 36.0 Å². The number of benzene rings is 1. The number of nitrogens with two attached hydrogens (primary N) is 1. The number of methoxy groups -OCH3 is 1. The van der Waals surface area contributed by atoms with E-state index < -0.39 is 0 Å². The smallest absolute Gasteiger partial charge is 0.127 e. The summed E-state index contributed by atoms with van der Waals surface area (Å²) in [5.74, 6) is 0.951. The highest BCUT2D eigenvalue weighted by Gasteiger charge is 2.07. The van der Waals surface area contributed by atoms with Crippen LogP contribution in [0.5, 0.6) is 5.75 Å². The fraction of sp³-hybridized carbons (Fsp3) is 0.273. The molecule has 0 radical (unpaired) electrons. The Morgan fingerprint density at radius 1 is 1.40 bits per heavy atom. The summed E-state index contributed by atoms with van der Waals surface area (Å²) >= 11 is 1.75. The van der Waals surface area contributed by atoms with Gasteiger partial charge in [0.2, 0.25) is 0 Å². The van der Waals surface area contributed by atoms with E-state index in [1.807, 2.05) is 12.1 Å². The minimum atomic E-state index is 0. The van der Waals surface area contributed by atoms with Gasteiger partial charge in [0, 0.05) is 10.1 Å². The molecule has 0 saturated carbocycles. The molecule has 0 bridgehead atoms. The largest absolute Gasteiger partial charge is 0.496 e. The Balaban J connectivity index is 0.00000112. The Morgan fingerprint density at radius 2 is 2.20 bits per heavy atom. The van der Waals surface area contributed by atoms with Crippen molar-refractivity contribution in [3.63, 3.8) is 0 Å². The zero-order chi connectivity index (χ0) is 9.97. The maximum absolute atomic E-state index is 5.57. The lowest BCUT2D eigenvalue weighted by Gasteiger charge is -2.03. The first kappa shape index (κ1) is 12.3. The number of thiophene rings is 1. The van der Waals surface area contributed by atoms with Crippen molar-refractivity contribution in [3.8, 4) is 5.75 Å². The van der Waals surface area contributed by atoms with Crippen LogP contribution >= 0.6 is 23.7 Å². The molecular formula is C11H14ClNOS. The number of halogens is 1. The molecular weight excluding hydrogens is 230 g/mol. The van der Waals surface area contributed by atoms with Crippen LogP contribution in [-0.4, -0.2) is 13.7 Å². The lowest BCUT2D eigenvalue weighted by atomic mass is 10.1. The molecule has 0 spiro atoms. The number of hydrogen-bond acceptors (Lipinski definition) is 3. The fourth-order valence-corrected chi connectivity index (χ4v) is 2.64. The molecule has 0 aliphatic carbocycles. The predicted molar refractivity (Wildman–Crippen MR) is 68.4 cm³/mol. The van der Waals surface area contributed by atoms with E-state index in [9.17, 15) is 0 Å². The van der Waals surface area contributed by atoms with Gasteiger partial charge in [-0.25, -0.2) is 0 Å². The van der Waals surface area contributed by atoms with E-state index in [0.29, 0.717) is 6.54 Å². The monoisotopic (exact) mass is 243 g/mol. The van der Waals surface area contributed by atoms with Crippen LogP contribution < -0.4 is 10.5 Å². The van der Waals surface area contributed by atoms with Crippen molar-refractivity contribution in [2.45, 2.75) is 6.42 Å². The maximum atomic E-state index is 5.57. The molecule has 1 heterocycles. The molecule has 82 valence electrons. The van der Waals surface area contributed by atoms with Crippen molar-refractivity contribution in [2.75, 3.05) is 13.7 Å². The van der Waals surface area contributed by atoms with Gasteiger partial charge in [0.25, 0.3) is 0 Å². The van der Waals surface area contributed by atoms with Crippen molar-refractivity contribution < 1.29 is 4.74 Å². The Morgan fingerprint density at radius 3 is 2.87 bits per heavy atom. The Hall–Kier alpha value is -0.770. The lowest BCUT2D eigenvalue weighted by molar-refractivity contribution is 0.419. The summed E-state index contributed by atoms with van der Waals surface area (Å²) < 4.78 is 6.61. The molecule has 0 aliphatic heterocycles. The summed E-state index contributed by atoms with van der Waals surface area (Å²) in [6, 6.07) is 6.13. The van der Waals surface area contributed by atoms with Crippen LogP contribution in [0.3, 0.4) is 0 Å². The minimum absolute atomic E-state index is 0. The van der Waals surface area contributed by atoms with E-state index in [1.165, 1.54) is 15.6 Å². The molecule has 2 aromatic rings. The summed E-state index contributed by atoms with van der Waals surface area (Å²) in [7, 11) is 1.71. The van der Waals surface area contributed by atoms with E-state index in [4.69, 9.17) is 10.5 Å². The molecule has 0 aliphatic rings. The summed E-state index contributed by atoms with van der Waals surface area (Å²) in [6.45, 7) is 0.684. The zero-order valence-electron chi connectivity index (χ0n) is 8.53. The topological polar surface area (TPSA) is 35.2 Å². The maximum Gasteiger partial charge on any atom is 0.127 e. The van der Waals surface area contributed by atoms with Gasteiger partial charge in [-0.2, -0.15) is 0 Å². The normalized spacial score (nSPS) is 10.0. The van der Waals surface area contributed by atoms with Crippen LogP contribution in [0.25, 0.3) is 10.1 Å². The fourth-order valence-electron chi connectivity index (χ4n) is 1.63. The number of fused-ring (bicyclic) bond motifs is 1. The van der Waals surface area contributed by atoms with E-state index >= 15 is 0 Å². The average molecular weight is 244 g/mol. The van der Waals surface area contributed by atoms with Gasteiger partial charge in [0.15, 0.2) is 0 Å². The van der Waals surface area contributed by atoms with Crippen molar-refractivity contribution >= 4 is 33.8 Å². The standard InChI is InChI=1S/C11H13NOS.ClH/c1-13-9-3-2-4-10-11(9)8(5-6-12)7-14-10;/h2-4,7H,5-6,12H2,1H3;1H. The number of rotatable bonds is 3. The predicted octanol–water partition coefficient (Wildman–Crippen LogP) is 2.83. The van der Waals surface area contributed by atoms with Gasteiger partial charge in [0.1, 0.15) is 5.75 Å². The van der Waals surface area contributed by atoms with Crippen LogP contribution in [-0.2, 0) is 6.42 Å². The third kappa shape index (κ3) is 2.25. The summed E-state index contributed by atoms with van der Waals surface area (Å²) in [4.78, 5) is 0. The molecule has 0 atom stereocenters. The molecule has 0 saturated heterocycles. The Labute approximate surface area is 99.5 Å². The quantitative estimate of drug-likeness (QED) is 0.900. The SMILES string of the molecule is COc1cccc2scc(CCN)c12.Cl. The number of ether oxygens (including phenoxy) is 1. The van der Waals surface area contributed by atoms with Gasteiger partial charge in [-0.15, -0.1) is 23.7 Å². The van der Waals surface area contributed by atoms with Gasteiger partial charge >= 0.3 is 0 Å². The van der Waals surface area contributed by atoms with Crippen molar-refractivity contribution in [2.24, 2.45) is 5.73 Å². The highest BCUT2D eigenvalue weighted by atomic mass is 35.5. The van der Waals surface area contributed by atoms with Crippen LogP contribution in [0.4, 0.5) is 0 Å². The molecule has 0 amide bonds. The van der Waals surface area contributed by atoms with E-state index in [-0.39, 0.29) is 12.4 Å². The highest BCUT2D eigenvalue weighted by Crippen LogP contribution is 2.33. The Kier molecular flexibility index (Phi) is 4.39. The van der Waals surface area contributed by atoms with Gasteiger partial charge < -0.3 is 10.5 Å². The lowest BCUT2D eigenvalue weighted by Crippen LogP contribution is -2.02. The zero-order valence-corrected chi connectivity index (χ0v) is 10.2. The molecule has 0 unspecified atom stereocenters. The van der Waals surface area contributed by atoms with Crippen LogP contribution in [0, 0.1) is 0 Å². The van der Waals surface area contributed by atoms with Crippen LogP contribution in [0.2, 0.25) is 0 Å². The number of hydrogen-bond donors (Lipinski definition) is 1. The van der Waals surface area contributed by atoms with E-state index in [2.05, 4.69) is 11.4 Å². The second-order valence-corrected chi connectivity index (χ2v) is 4.04. The summed E-state index contributed by atoms with van der Waals surface area (Å²) in [5.41, 5.74) is 6.86. The minimum Gasteiger partial charge on any atom is -0.496 e. The van der Waals surface area contributed by atoms with E-state index in [0.717, 1.165) is 12.2 Å². The molecule has 1 aromatic heterocycles. The van der Waals surface area contributed by atoms with Crippen molar-refractivity contribution in [3.05, 3.63) is 29.1 Å². The molecule has 15 heavy (non-hydrogen) atoms. The van der Waals surface area contributed by atoms with Gasteiger partial charge in [0.05, 0.1) is 7.11 Å². The molecule has 2 N–H and O–H groups in total.